The summed E-state index contributed by atoms with van der Waals surface area (Å²) in [5, 5.41) is 0. The molecule has 0 saturated carbocycles. The topological polar surface area (TPSA) is 12.4 Å². The summed E-state index contributed by atoms with van der Waals surface area (Å²) in [5.41, 5.74) is 3.89. The molecule has 0 N–H and O–H groups in total. The zero-order valence-electron chi connectivity index (χ0n) is 4.77. The van der Waals surface area contributed by atoms with Crippen molar-refractivity contribution >= 4 is 17.5 Å². The zero-order valence-corrected chi connectivity index (χ0v) is 5.59. The Morgan fingerprint density at radius 3 is 2.88 bits per heavy atom. The summed E-state index contributed by atoms with van der Waals surface area (Å²) in [6.45, 7) is 5.51. The molecule has 8 heavy (non-hydrogen) atoms. The predicted octanol–water partition coefficient (Wildman–Crippen LogP) is 1.82. The Kier molecular flexibility index (Phi) is 1.56. The van der Waals surface area contributed by atoms with Crippen molar-refractivity contribution in [3.8, 4) is 0 Å². The van der Waals surface area contributed by atoms with Crippen LogP contribution in [0.3, 0.4) is 0 Å². The molecule has 0 bridgehead atoms. The fourth-order valence-corrected chi connectivity index (χ4v) is 1.31. The molecule has 2 heteroatoms. The van der Waals surface area contributed by atoms with Gasteiger partial charge < -0.3 is 0 Å². The maximum Gasteiger partial charge on any atom is 0.0900 e. The Bertz CT molecular complexity index is 175. The average Bonchev–Trinajstić information content (AvgIpc) is 2.14. The van der Waals surface area contributed by atoms with Gasteiger partial charge in [-0.25, -0.2) is 0 Å². The Morgan fingerprint density at radius 2 is 2.62 bits per heavy atom. The van der Waals surface area contributed by atoms with Gasteiger partial charge in [0.15, 0.2) is 0 Å². The van der Waals surface area contributed by atoms with E-state index in [1.54, 1.807) is 11.8 Å². The van der Waals surface area contributed by atoms with Gasteiger partial charge in [0.1, 0.15) is 0 Å². The van der Waals surface area contributed by atoms with Gasteiger partial charge in [-0.3, -0.25) is 4.99 Å². The largest absolute Gasteiger partial charge is 0.277 e. The third kappa shape index (κ3) is 0.857. The molecule has 0 aromatic carbocycles. The highest BCUT2D eigenvalue weighted by atomic mass is 32.2. The minimum Gasteiger partial charge on any atom is -0.277 e. The van der Waals surface area contributed by atoms with E-state index in [9.17, 15) is 0 Å². The van der Waals surface area contributed by atoms with Gasteiger partial charge in [0.25, 0.3) is 0 Å². The summed E-state index contributed by atoms with van der Waals surface area (Å²) >= 11 is 1.69. The van der Waals surface area contributed by atoms with Gasteiger partial charge in [0.2, 0.25) is 0 Å². The van der Waals surface area contributed by atoms with E-state index in [1.165, 1.54) is 0 Å². The van der Waals surface area contributed by atoms with E-state index < -0.39 is 0 Å². The molecule has 0 atom stereocenters. The van der Waals surface area contributed by atoms with Crippen molar-refractivity contribution in [2.24, 2.45) is 4.99 Å². The Balaban J connectivity index is 2.89. The second kappa shape index (κ2) is 2.21. The molecule has 1 nitrogen and oxygen atoms in total. The molecule has 1 aliphatic heterocycles. The normalized spacial score (nSPS) is 18.1. The molecule has 0 unspecified atom stereocenters. The van der Waals surface area contributed by atoms with Crippen molar-refractivity contribution in [3.05, 3.63) is 17.2 Å². The summed E-state index contributed by atoms with van der Waals surface area (Å²) in [6, 6.07) is 0. The minimum absolute atomic E-state index is 0.851. The van der Waals surface area contributed by atoms with Crippen molar-refractivity contribution in [2.75, 3.05) is 5.88 Å². The predicted molar refractivity (Wildman–Crippen MR) is 38.2 cm³/mol. The third-order valence-electron chi connectivity index (χ3n) is 1.000. The molecular weight excluding hydrogens is 118 g/mol. The van der Waals surface area contributed by atoms with Crippen LogP contribution in [0.15, 0.2) is 22.2 Å². The second-order valence-electron chi connectivity index (χ2n) is 1.52. The van der Waals surface area contributed by atoms with Crippen molar-refractivity contribution in [1.82, 2.24) is 0 Å². The van der Waals surface area contributed by atoms with E-state index in [2.05, 4.69) is 17.3 Å². The number of nitrogens with zero attached hydrogens (tertiary/aromatic N) is 1. The van der Waals surface area contributed by atoms with Crippen LogP contribution in [0.5, 0.6) is 0 Å². The molecule has 0 aliphatic carbocycles. The maximum atomic E-state index is 4.13. The highest BCUT2D eigenvalue weighted by Gasteiger charge is 2.06. The molecule has 1 heterocycles. The summed E-state index contributed by atoms with van der Waals surface area (Å²) in [6.07, 6.45) is 0. The van der Waals surface area contributed by atoms with Crippen molar-refractivity contribution in [3.63, 3.8) is 0 Å². The van der Waals surface area contributed by atoms with Crippen LogP contribution in [-0.2, 0) is 0 Å². The lowest BCUT2D eigenvalue weighted by molar-refractivity contribution is 1.40. The number of aliphatic imine (C=N–C) groups is 1. The lowest BCUT2D eigenvalue weighted by Crippen LogP contribution is -1.82. The summed E-state index contributed by atoms with van der Waals surface area (Å²) < 4.78 is 0. The highest BCUT2D eigenvalue weighted by Crippen LogP contribution is 2.22. The van der Waals surface area contributed by atoms with Crippen molar-refractivity contribution in [2.45, 2.75) is 6.92 Å². The van der Waals surface area contributed by atoms with Crippen LogP contribution >= 0.6 is 11.8 Å². The van der Waals surface area contributed by atoms with Gasteiger partial charge in [-0.15, -0.1) is 5.73 Å². The van der Waals surface area contributed by atoms with E-state index in [0.717, 1.165) is 16.5 Å². The van der Waals surface area contributed by atoms with Crippen LogP contribution in [0.2, 0.25) is 0 Å². The highest BCUT2D eigenvalue weighted by molar-refractivity contribution is 8.04. The van der Waals surface area contributed by atoms with E-state index >= 15 is 0 Å². The van der Waals surface area contributed by atoms with E-state index in [-0.39, 0.29) is 0 Å². The molecule has 0 aromatic rings. The molecule has 0 amide bonds. The third-order valence-corrected chi connectivity index (χ3v) is 1.99. The lowest BCUT2D eigenvalue weighted by atomic mass is 10.4. The number of thioether (sulfide) groups is 1. The number of rotatable bonds is 0. The van der Waals surface area contributed by atoms with Crippen LogP contribution in [0.1, 0.15) is 6.92 Å². The molecule has 1 aliphatic rings. The minimum atomic E-state index is 0.851. The number of allylic oxidation sites excluding steroid dienone is 1. The molecule has 0 saturated heterocycles. The number of hydrogen-bond acceptors (Lipinski definition) is 2. The van der Waals surface area contributed by atoms with Crippen LogP contribution in [0.25, 0.3) is 0 Å². The van der Waals surface area contributed by atoms with E-state index in [1.807, 2.05) is 6.92 Å². The van der Waals surface area contributed by atoms with E-state index in [0.29, 0.717) is 0 Å². The summed E-state index contributed by atoms with van der Waals surface area (Å²) in [5.74, 6) is 0.851. The molecule has 1 rings (SSSR count). The maximum absolute atomic E-state index is 4.13. The smallest absolute Gasteiger partial charge is 0.0900 e. The Labute approximate surface area is 53.2 Å². The molecular formula is C6H7NS. The van der Waals surface area contributed by atoms with Crippen LogP contribution in [0, 0.1) is 0 Å². The number of hydrogen-bond donors (Lipinski definition) is 0. The molecule has 42 valence electrons. The first-order valence-electron chi connectivity index (χ1n) is 2.39. The lowest BCUT2D eigenvalue weighted by Gasteiger charge is -1.84. The first-order valence-corrected chi connectivity index (χ1v) is 3.37. The fraction of sp³-hybridized carbons (Fsp3) is 0.333. The first-order chi connectivity index (χ1) is 3.84. The Morgan fingerprint density at radius 1 is 1.88 bits per heavy atom. The van der Waals surface area contributed by atoms with Gasteiger partial charge >= 0.3 is 0 Å². The molecule has 0 radical (unpaired) electrons. The van der Waals surface area contributed by atoms with Gasteiger partial charge in [0, 0.05) is 0 Å². The van der Waals surface area contributed by atoms with Gasteiger partial charge in [0.05, 0.1) is 16.5 Å². The summed E-state index contributed by atoms with van der Waals surface area (Å²) in [7, 11) is 0. The molecule has 0 spiro atoms. The zero-order chi connectivity index (χ0) is 5.98. The van der Waals surface area contributed by atoms with Crippen molar-refractivity contribution < 1.29 is 0 Å². The van der Waals surface area contributed by atoms with E-state index in [4.69, 9.17) is 0 Å². The Hall–Kier alpha value is -0.460. The van der Waals surface area contributed by atoms with Crippen LogP contribution in [-0.4, -0.2) is 11.6 Å². The van der Waals surface area contributed by atoms with Crippen LogP contribution in [0.4, 0.5) is 0 Å². The average molecular weight is 125 g/mol. The molecule has 0 aromatic heterocycles. The van der Waals surface area contributed by atoms with Gasteiger partial charge in [-0.1, -0.05) is 18.3 Å². The standard InChI is InChI=1S/C6H7NS/c1-3-6-5(2)7-4-8-6/h1,4H2,2H3. The van der Waals surface area contributed by atoms with Gasteiger partial charge in [-0.05, 0) is 6.92 Å². The first kappa shape index (κ1) is 5.67. The van der Waals surface area contributed by atoms with Crippen LogP contribution < -0.4 is 0 Å². The second-order valence-corrected chi connectivity index (χ2v) is 2.48. The fourth-order valence-electron chi connectivity index (χ4n) is 0.549. The SMILES string of the molecule is C=C=C1SCN=C1C. The molecule has 0 fully saturated rings. The monoisotopic (exact) mass is 125 g/mol. The van der Waals surface area contributed by atoms with Gasteiger partial charge in [-0.2, -0.15) is 0 Å². The summed E-state index contributed by atoms with van der Waals surface area (Å²) in [4.78, 5) is 5.23. The quantitative estimate of drug-likeness (QED) is 0.450. The van der Waals surface area contributed by atoms with Crippen molar-refractivity contribution in [1.29, 1.82) is 0 Å².